The van der Waals surface area contributed by atoms with Gasteiger partial charge in [-0.3, -0.25) is 14.2 Å². The van der Waals surface area contributed by atoms with Crippen molar-refractivity contribution in [3.8, 4) is 11.5 Å². The molecule has 0 aliphatic carbocycles. The fraction of sp³-hybridized carbons (Fsp3) is 0.158. The minimum Gasteiger partial charge on any atom is -0.457 e. The minimum absolute atomic E-state index is 0.0000668. The zero-order chi connectivity index (χ0) is 19.4. The highest BCUT2D eigenvalue weighted by atomic mass is 35.5. The number of aromatic amines is 1. The second-order valence-electron chi connectivity index (χ2n) is 6.05. The van der Waals surface area contributed by atoms with Gasteiger partial charge in [-0.05, 0) is 67.8 Å². The molecule has 0 fully saturated rings. The second-order valence-corrected chi connectivity index (χ2v) is 7.31. The summed E-state index contributed by atoms with van der Waals surface area (Å²) >= 11 is 7.14. The molecule has 2 aromatic carbocycles. The molecule has 27 heavy (non-hydrogen) atoms. The smallest absolute Gasteiger partial charge is 0.271 e. The fourth-order valence-electron chi connectivity index (χ4n) is 2.37. The van der Waals surface area contributed by atoms with Gasteiger partial charge in [0.1, 0.15) is 27.9 Å². The van der Waals surface area contributed by atoms with E-state index >= 15 is 0 Å². The van der Waals surface area contributed by atoms with Gasteiger partial charge in [0.2, 0.25) is 0 Å². The highest BCUT2D eigenvalue weighted by molar-refractivity contribution is 7.10. The van der Waals surface area contributed by atoms with Gasteiger partial charge >= 0.3 is 0 Å². The lowest BCUT2D eigenvalue weighted by molar-refractivity contribution is 0.483. The number of hydrogen-bond donors (Lipinski definition) is 3. The van der Waals surface area contributed by atoms with Crippen LogP contribution in [-0.2, 0) is 0 Å². The lowest BCUT2D eigenvalue weighted by Crippen LogP contribution is -2.23. The Labute approximate surface area is 165 Å². The predicted molar refractivity (Wildman–Crippen MR) is 112 cm³/mol. The molecule has 0 amide bonds. The van der Waals surface area contributed by atoms with E-state index in [9.17, 15) is 4.79 Å². The first kappa shape index (κ1) is 19.0. The van der Waals surface area contributed by atoms with Gasteiger partial charge < -0.3 is 15.8 Å². The van der Waals surface area contributed by atoms with E-state index in [1.807, 2.05) is 50.2 Å². The number of anilines is 2. The number of nitrogens with zero attached hydrogens (tertiary/aromatic N) is 1. The zero-order valence-corrected chi connectivity index (χ0v) is 16.4. The van der Waals surface area contributed by atoms with E-state index in [1.165, 1.54) is 11.5 Å². The topological polar surface area (TPSA) is 92.5 Å². The van der Waals surface area contributed by atoms with Gasteiger partial charge in [0.05, 0.1) is 0 Å². The Morgan fingerprint density at radius 2 is 1.96 bits per heavy atom. The quantitative estimate of drug-likeness (QED) is 0.410. The van der Waals surface area contributed by atoms with Crippen LogP contribution >= 0.6 is 23.1 Å². The summed E-state index contributed by atoms with van der Waals surface area (Å²) in [5, 5.41) is 4.43. The lowest BCUT2D eigenvalue weighted by atomic mass is 10.2. The summed E-state index contributed by atoms with van der Waals surface area (Å²) in [5.74, 6) is 1.55. The van der Waals surface area contributed by atoms with Crippen molar-refractivity contribution in [2.45, 2.75) is 19.9 Å². The Bertz CT molecular complexity index is 1010. The van der Waals surface area contributed by atoms with Crippen LogP contribution in [0, 0.1) is 0 Å². The number of aromatic nitrogens is 1. The summed E-state index contributed by atoms with van der Waals surface area (Å²) in [5.41, 5.74) is 6.87. The van der Waals surface area contributed by atoms with Crippen molar-refractivity contribution in [1.29, 1.82) is 0 Å². The second kappa shape index (κ2) is 8.28. The van der Waals surface area contributed by atoms with E-state index in [0.717, 1.165) is 5.69 Å². The fourth-order valence-corrected chi connectivity index (χ4v) is 3.32. The standard InChI is InChI=1S/C19H19ClN4O2S/c1-11(2)22-17(21)16-18(25)24-27-19(16)23-13-6-8-14(9-7-13)26-15-5-3-4-12(20)10-15/h3-11,23H,1-2H3,(H2,21,22)(H,24,25). The third kappa shape index (κ3) is 4.90. The zero-order valence-electron chi connectivity index (χ0n) is 14.8. The third-order valence-electron chi connectivity index (χ3n) is 3.50. The molecule has 1 aromatic heterocycles. The summed E-state index contributed by atoms with van der Waals surface area (Å²) in [6, 6.07) is 14.5. The Morgan fingerprint density at radius 1 is 1.22 bits per heavy atom. The van der Waals surface area contributed by atoms with Gasteiger partial charge in [-0.1, -0.05) is 17.7 Å². The number of benzene rings is 2. The number of ether oxygens (including phenoxy) is 1. The van der Waals surface area contributed by atoms with Crippen LogP contribution in [0.1, 0.15) is 19.4 Å². The molecule has 140 valence electrons. The largest absolute Gasteiger partial charge is 0.457 e. The van der Waals surface area contributed by atoms with Gasteiger partial charge in [0, 0.05) is 16.8 Å². The maximum Gasteiger partial charge on any atom is 0.271 e. The SMILES string of the molecule is CC(C)N=C(N)c1c(Nc2ccc(Oc3cccc(Cl)c3)cc2)s[nH]c1=O. The number of H-pyrrole nitrogens is 1. The van der Waals surface area contributed by atoms with Crippen LogP contribution < -0.4 is 21.3 Å². The van der Waals surface area contributed by atoms with Crippen molar-refractivity contribution in [1.82, 2.24) is 4.37 Å². The summed E-state index contributed by atoms with van der Waals surface area (Å²) in [6.45, 7) is 3.80. The average Bonchev–Trinajstić information content (AvgIpc) is 2.96. The van der Waals surface area contributed by atoms with Gasteiger partial charge in [-0.2, -0.15) is 0 Å². The molecule has 0 unspecified atom stereocenters. The molecule has 4 N–H and O–H groups in total. The highest BCUT2D eigenvalue weighted by Crippen LogP contribution is 2.27. The van der Waals surface area contributed by atoms with Crippen molar-refractivity contribution in [2.24, 2.45) is 10.7 Å². The highest BCUT2D eigenvalue weighted by Gasteiger charge is 2.15. The summed E-state index contributed by atoms with van der Waals surface area (Å²) in [6.07, 6.45) is 0. The van der Waals surface area contributed by atoms with Crippen molar-refractivity contribution in [3.63, 3.8) is 0 Å². The van der Waals surface area contributed by atoms with Gasteiger partial charge in [0.15, 0.2) is 0 Å². The molecular formula is C19H19ClN4O2S. The van der Waals surface area contributed by atoms with Crippen LogP contribution in [0.5, 0.6) is 11.5 Å². The monoisotopic (exact) mass is 402 g/mol. The van der Waals surface area contributed by atoms with E-state index in [-0.39, 0.29) is 17.4 Å². The average molecular weight is 403 g/mol. The molecule has 3 aromatic rings. The number of hydrogen-bond acceptors (Lipinski definition) is 5. The molecule has 0 atom stereocenters. The van der Waals surface area contributed by atoms with E-state index in [4.69, 9.17) is 22.1 Å². The van der Waals surface area contributed by atoms with Crippen LogP contribution in [0.3, 0.4) is 0 Å². The first-order valence-corrected chi connectivity index (χ1v) is 9.47. The minimum atomic E-state index is -0.259. The van der Waals surface area contributed by atoms with E-state index in [2.05, 4.69) is 14.7 Å². The van der Waals surface area contributed by atoms with Crippen LogP contribution in [0.2, 0.25) is 5.02 Å². The number of halogens is 1. The molecule has 8 heteroatoms. The van der Waals surface area contributed by atoms with Crippen LogP contribution in [0.25, 0.3) is 0 Å². The van der Waals surface area contributed by atoms with Crippen molar-refractivity contribution in [3.05, 3.63) is 69.5 Å². The molecule has 0 radical (unpaired) electrons. The Balaban J connectivity index is 1.77. The van der Waals surface area contributed by atoms with Crippen LogP contribution in [-0.4, -0.2) is 16.3 Å². The molecule has 0 aliphatic heterocycles. The van der Waals surface area contributed by atoms with Crippen molar-refractivity contribution >= 4 is 39.7 Å². The van der Waals surface area contributed by atoms with E-state index in [0.29, 0.717) is 27.1 Å². The molecule has 3 rings (SSSR count). The molecule has 0 saturated heterocycles. The summed E-state index contributed by atoms with van der Waals surface area (Å²) in [4.78, 5) is 16.3. The first-order valence-electron chi connectivity index (χ1n) is 8.28. The Hall–Kier alpha value is -2.77. The van der Waals surface area contributed by atoms with Crippen LogP contribution in [0.4, 0.5) is 10.7 Å². The van der Waals surface area contributed by atoms with Crippen molar-refractivity contribution < 1.29 is 4.74 Å². The molecular weight excluding hydrogens is 384 g/mol. The number of amidine groups is 1. The molecule has 0 saturated carbocycles. The normalized spacial score (nSPS) is 11.6. The van der Waals surface area contributed by atoms with E-state index in [1.54, 1.807) is 12.1 Å². The maximum atomic E-state index is 12.1. The number of nitrogens with one attached hydrogen (secondary N) is 2. The molecule has 0 aliphatic rings. The molecule has 0 bridgehead atoms. The molecule has 1 heterocycles. The number of nitrogens with two attached hydrogens (primary N) is 1. The Kier molecular flexibility index (Phi) is 5.83. The lowest BCUT2D eigenvalue weighted by Gasteiger charge is -2.09. The summed E-state index contributed by atoms with van der Waals surface area (Å²) in [7, 11) is 0. The molecule has 0 spiro atoms. The maximum absolute atomic E-state index is 12.1. The Morgan fingerprint density at radius 3 is 2.63 bits per heavy atom. The first-order chi connectivity index (χ1) is 12.9. The van der Waals surface area contributed by atoms with Gasteiger partial charge in [-0.15, -0.1) is 0 Å². The molecule has 6 nitrogen and oxygen atoms in total. The summed E-state index contributed by atoms with van der Waals surface area (Å²) < 4.78 is 8.46. The van der Waals surface area contributed by atoms with Crippen LogP contribution in [0.15, 0.2) is 58.3 Å². The number of rotatable bonds is 6. The third-order valence-corrected chi connectivity index (χ3v) is 4.53. The number of aliphatic imine (C=N–C) groups is 1. The van der Waals surface area contributed by atoms with Gasteiger partial charge in [-0.25, -0.2) is 0 Å². The van der Waals surface area contributed by atoms with Crippen molar-refractivity contribution in [2.75, 3.05) is 5.32 Å². The van der Waals surface area contributed by atoms with E-state index < -0.39 is 0 Å². The van der Waals surface area contributed by atoms with Gasteiger partial charge in [0.25, 0.3) is 5.56 Å². The predicted octanol–water partition coefficient (Wildman–Crippen LogP) is 4.74.